The fourth-order valence-corrected chi connectivity index (χ4v) is 1.98. The van der Waals surface area contributed by atoms with E-state index in [0.29, 0.717) is 13.1 Å². The van der Waals surface area contributed by atoms with Crippen LogP contribution in [0, 0.1) is 5.41 Å². The average molecular weight is 260 g/mol. The molecule has 98 valence electrons. The summed E-state index contributed by atoms with van der Waals surface area (Å²) < 4.78 is 35.4. The highest BCUT2D eigenvalue weighted by atomic mass is 35.5. The van der Waals surface area contributed by atoms with Crippen LogP contribution in [0.5, 0.6) is 0 Å². The Bertz CT molecular complexity index is 187. The van der Waals surface area contributed by atoms with Gasteiger partial charge in [-0.2, -0.15) is 13.2 Å². The molecule has 1 unspecified atom stereocenters. The second-order valence-electron chi connectivity index (χ2n) is 5.28. The first-order valence-electron chi connectivity index (χ1n) is 5.52. The van der Waals surface area contributed by atoms with E-state index in [2.05, 4.69) is 26.1 Å². The van der Waals surface area contributed by atoms with Crippen LogP contribution in [0.4, 0.5) is 13.2 Å². The number of rotatable bonds is 6. The van der Waals surface area contributed by atoms with Gasteiger partial charge in [-0.25, -0.2) is 0 Å². The largest absolute Gasteiger partial charge is 0.389 e. The summed E-state index contributed by atoms with van der Waals surface area (Å²) in [5.41, 5.74) is 0.153. The highest BCUT2D eigenvalue weighted by Crippen LogP contribution is 2.23. The lowest BCUT2D eigenvalue weighted by atomic mass is 9.90. The summed E-state index contributed by atoms with van der Waals surface area (Å²) in [6, 6.07) is 0. The zero-order chi connectivity index (χ0) is 12.8. The molecule has 1 N–H and O–H groups in total. The van der Waals surface area contributed by atoms with E-state index in [1.54, 1.807) is 0 Å². The summed E-state index contributed by atoms with van der Waals surface area (Å²) in [7, 11) is 0. The van der Waals surface area contributed by atoms with Gasteiger partial charge >= 0.3 is 6.18 Å². The van der Waals surface area contributed by atoms with Crippen molar-refractivity contribution < 1.29 is 13.2 Å². The molecule has 0 aliphatic heterocycles. The van der Waals surface area contributed by atoms with E-state index in [4.69, 9.17) is 11.6 Å². The Morgan fingerprint density at radius 2 is 1.75 bits per heavy atom. The quantitative estimate of drug-likeness (QED) is 0.562. The fourth-order valence-electron chi connectivity index (χ4n) is 1.41. The molecule has 0 rings (SSSR count). The van der Waals surface area contributed by atoms with Gasteiger partial charge in [0.05, 0.1) is 0 Å². The maximum Gasteiger partial charge on any atom is 0.389 e. The van der Waals surface area contributed by atoms with Crippen LogP contribution in [-0.4, -0.2) is 24.6 Å². The summed E-state index contributed by atoms with van der Waals surface area (Å²) >= 11 is 6.05. The minimum Gasteiger partial charge on any atom is -0.315 e. The normalized spacial score (nSPS) is 15.2. The lowest BCUT2D eigenvalue weighted by Gasteiger charge is -2.22. The average Bonchev–Trinajstić information content (AvgIpc) is 1.97. The molecule has 0 radical (unpaired) electrons. The Kier molecular flexibility index (Phi) is 6.71. The van der Waals surface area contributed by atoms with Crippen LogP contribution in [0.1, 0.15) is 40.0 Å². The van der Waals surface area contributed by atoms with E-state index in [0.717, 1.165) is 6.42 Å². The van der Waals surface area contributed by atoms with Crippen molar-refractivity contribution in [2.75, 3.05) is 13.1 Å². The molecule has 0 saturated heterocycles. The highest BCUT2D eigenvalue weighted by molar-refractivity contribution is 6.20. The van der Waals surface area contributed by atoms with Gasteiger partial charge in [0.1, 0.15) is 0 Å². The maximum atomic E-state index is 11.8. The van der Waals surface area contributed by atoms with Gasteiger partial charge in [-0.1, -0.05) is 20.8 Å². The Balaban J connectivity index is 3.45. The Labute approximate surface area is 101 Å². The zero-order valence-electron chi connectivity index (χ0n) is 10.1. The molecule has 0 saturated carbocycles. The zero-order valence-corrected chi connectivity index (χ0v) is 10.9. The molecular weight excluding hydrogens is 239 g/mol. The summed E-state index contributed by atoms with van der Waals surface area (Å²) in [6.07, 6.45) is -3.82. The molecule has 0 bridgehead atoms. The van der Waals surface area contributed by atoms with Gasteiger partial charge in [0.15, 0.2) is 0 Å². The summed E-state index contributed by atoms with van der Waals surface area (Å²) in [6.45, 7) is 7.20. The molecule has 0 aromatic heterocycles. The van der Waals surface area contributed by atoms with Crippen LogP contribution in [0.2, 0.25) is 0 Å². The predicted molar refractivity (Wildman–Crippen MR) is 61.9 cm³/mol. The molecular formula is C11H21ClF3N. The van der Waals surface area contributed by atoms with Crippen molar-refractivity contribution in [2.45, 2.75) is 51.6 Å². The Hall–Kier alpha value is 0.0400. The minimum atomic E-state index is -4.05. The lowest BCUT2D eigenvalue weighted by Crippen LogP contribution is -2.28. The summed E-state index contributed by atoms with van der Waals surface area (Å²) in [5.74, 6) is 0. The second kappa shape index (κ2) is 6.70. The van der Waals surface area contributed by atoms with E-state index < -0.39 is 12.6 Å². The number of hydrogen-bond donors (Lipinski definition) is 1. The van der Waals surface area contributed by atoms with Crippen molar-refractivity contribution in [1.29, 1.82) is 0 Å². The Morgan fingerprint density at radius 1 is 1.19 bits per heavy atom. The monoisotopic (exact) mass is 259 g/mol. The third-order valence-corrected chi connectivity index (χ3v) is 2.32. The topological polar surface area (TPSA) is 12.0 Å². The SMILES string of the molecule is CC(C)(C)CC(Cl)CNCCCC(F)(F)F. The highest BCUT2D eigenvalue weighted by Gasteiger charge is 2.25. The third-order valence-electron chi connectivity index (χ3n) is 2.01. The molecule has 16 heavy (non-hydrogen) atoms. The standard InChI is InChI=1S/C11H21ClF3N/c1-10(2,3)7-9(12)8-16-6-4-5-11(13,14)15/h9,16H,4-8H2,1-3H3. The van der Waals surface area contributed by atoms with Crippen molar-refractivity contribution in [1.82, 2.24) is 5.32 Å². The van der Waals surface area contributed by atoms with Crippen molar-refractivity contribution in [3.05, 3.63) is 0 Å². The van der Waals surface area contributed by atoms with Crippen molar-refractivity contribution in [2.24, 2.45) is 5.41 Å². The number of halogens is 4. The van der Waals surface area contributed by atoms with Gasteiger partial charge in [0, 0.05) is 18.3 Å². The lowest BCUT2D eigenvalue weighted by molar-refractivity contribution is -0.135. The molecule has 5 heteroatoms. The van der Waals surface area contributed by atoms with Gasteiger partial charge in [-0.15, -0.1) is 11.6 Å². The molecule has 0 aromatic rings. The Morgan fingerprint density at radius 3 is 2.19 bits per heavy atom. The van der Waals surface area contributed by atoms with Crippen LogP contribution >= 0.6 is 11.6 Å². The van der Waals surface area contributed by atoms with E-state index >= 15 is 0 Å². The predicted octanol–water partition coefficient (Wildman–Crippen LogP) is 3.96. The molecule has 1 atom stereocenters. The second-order valence-corrected chi connectivity index (χ2v) is 5.90. The van der Waals surface area contributed by atoms with Crippen molar-refractivity contribution in [3.63, 3.8) is 0 Å². The van der Waals surface area contributed by atoms with Crippen LogP contribution in [0.25, 0.3) is 0 Å². The molecule has 0 spiro atoms. The van der Waals surface area contributed by atoms with Gasteiger partial charge < -0.3 is 5.32 Å². The molecule has 1 nitrogen and oxygen atoms in total. The van der Waals surface area contributed by atoms with Crippen LogP contribution < -0.4 is 5.32 Å². The first-order valence-corrected chi connectivity index (χ1v) is 5.95. The van der Waals surface area contributed by atoms with Crippen LogP contribution in [0.15, 0.2) is 0 Å². The molecule has 0 aliphatic carbocycles. The molecule has 0 fully saturated rings. The molecule has 0 aliphatic rings. The third kappa shape index (κ3) is 12.1. The van der Waals surface area contributed by atoms with Gasteiger partial charge in [-0.05, 0) is 24.8 Å². The van der Waals surface area contributed by atoms with E-state index in [-0.39, 0.29) is 17.2 Å². The summed E-state index contributed by atoms with van der Waals surface area (Å²) in [4.78, 5) is 0. The number of alkyl halides is 4. The van der Waals surface area contributed by atoms with Gasteiger partial charge in [0.2, 0.25) is 0 Å². The fraction of sp³-hybridized carbons (Fsp3) is 1.00. The first-order chi connectivity index (χ1) is 7.10. The first kappa shape index (κ1) is 16.0. The number of hydrogen-bond acceptors (Lipinski definition) is 1. The van der Waals surface area contributed by atoms with Crippen LogP contribution in [0.3, 0.4) is 0 Å². The van der Waals surface area contributed by atoms with E-state index in [1.165, 1.54) is 0 Å². The van der Waals surface area contributed by atoms with Crippen molar-refractivity contribution in [3.8, 4) is 0 Å². The minimum absolute atomic E-state index is 0.0223. The maximum absolute atomic E-state index is 11.8. The molecule has 0 heterocycles. The molecule has 0 amide bonds. The van der Waals surface area contributed by atoms with E-state index in [9.17, 15) is 13.2 Å². The van der Waals surface area contributed by atoms with Crippen molar-refractivity contribution >= 4 is 11.6 Å². The number of nitrogens with one attached hydrogen (secondary N) is 1. The smallest absolute Gasteiger partial charge is 0.315 e. The van der Waals surface area contributed by atoms with Gasteiger partial charge in [-0.3, -0.25) is 0 Å². The van der Waals surface area contributed by atoms with Gasteiger partial charge in [0.25, 0.3) is 0 Å². The van der Waals surface area contributed by atoms with Crippen LogP contribution in [-0.2, 0) is 0 Å². The summed E-state index contributed by atoms with van der Waals surface area (Å²) in [5, 5.41) is 2.93. The van der Waals surface area contributed by atoms with E-state index in [1.807, 2.05) is 0 Å². The molecule has 0 aromatic carbocycles.